The molecular weight excluding hydrogens is 309 g/mol. The van der Waals surface area contributed by atoms with Crippen molar-refractivity contribution in [1.82, 2.24) is 15.0 Å². The molecule has 0 aromatic carbocycles. The van der Waals surface area contributed by atoms with Crippen LogP contribution in [-0.2, 0) is 5.88 Å². The molecule has 1 aliphatic rings. The summed E-state index contributed by atoms with van der Waals surface area (Å²) in [5, 5.41) is 0.433. The van der Waals surface area contributed by atoms with E-state index < -0.39 is 0 Å². The average molecular weight is 324 g/mol. The monoisotopic (exact) mass is 323 g/mol. The largest absolute Gasteiger partial charge is 0.353 e. The molecule has 0 atom stereocenters. The van der Waals surface area contributed by atoms with Crippen LogP contribution in [0.3, 0.4) is 0 Å². The highest BCUT2D eigenvalue weighted by atomic mass is 35.5. The van der Waals surface area contributed by atoms with E-state index in [1.807, 2.05) is 24.4 Å². The zero-order chi connectivity index (χ0) is 14.7. The van der Waals surface area contributed by atoms with Gasteiger partial charge in [-0.15, -0.1) is 11.6 Å². The summed E-state index contributed by atoms with van der Waals surface area (Å²) in [7, 11) is 0. The van der Waals surface area contributed by atoms with Gasteiger partial charge in [0.05, 0.1) is 5.88 Å². The SMILES string of the molecule is ClCc1c(Cl)ncnc1N1CCN(c2ccccn2)CC1. The molecule has 0 aliphatic carbocycles. The third-order valence-corrected chi connectivity index (χ3v) is 4.15. The molecular formula is C14H15Cl2N5. The first-order chi connectivity index (χ1) is 10.3. The van der Waals surface area contributed by atoms with Crippen LogP contribution in [0.15, 0.2) is 30.7 Å². The van der Waals surface area contributed by atoms with E-state index in [1.54, 1.807) is 0 Å². The predicted molar refractivity (Wildman–Crippen MR) is 85.3 cm³/mol. The predicted octanol–water partition coefficient (Wildman–Crippen LogP) is 2.59. The summed E-state index contributed by atoms with van der Waals surface area (Å²) in [5.74, 6) is 2.16. The van der Waals surface area contributed by atoms with Gasteiger partial charge < -0.3 is 9.80 Å². The van der Waals surface area contributed by atoms with Crippen molar-refractivity contribution in [2.24, 2.45) is 0 Å². The van der Waals surface area contributed by atoms with Crippen molar-refractivity contribution < 1.29 is 0 Å². The standard InChI is InChI=1S/C14H15Cl2N5/c15-9-11-13(16)18-10-19-14(11)21-7-5-20(6-8-21)12-3-1-2-4-17-12/h1-4,10H,5-9H2. The zero-order valence-electron chi connectivity index (χ0n) is 11.4. The Hall–Kier alpha value is -1.59. The Morgan fingerprint density at radius 2 is 1.76 bits per heavy atom. The lowest BCUT2D eigenvalue weighted by Crippen LogP contribution is -2.47. The van der Waals surface area contributed by atoms with Crippen LogP contribution in [0.5, 0.6) is 0 Å². The number of anilines is 2. The van der Waals surface area contributed by atoms with Gasteiger partial charge in [0.15, 0.2) is 0 Å². The van der Waals surface area contributed by atoms with Crippen LogP contribution in [0.1, 0.15) is 5.56 Å². The molecule has 2 aromatic rings. The highest BCUT2D eigenvalue weighted by Crippen LogP contribution is 2.26. The van der Waals surface area contributed by atoms with E-state index in [0.717, 1.165) is 43.4 Å². The molecule has 0 amide bonds. The second-order valence-corrected chi connectivity index (χ2v) is 5.39. The Labute approximate surface area is 133 Å². The third-order valence-electron chi connectivity index (χ3n) is 3.56. The molecule has 0 unspecified atom stereocenters. The van der Waals surface area contributed by atoms with Crippen molar-refractivity contribution in [3.63, 3.8) is 0 Å². The topological polar surface area (TPSA) is 45.2 Å². The Balaban J connectivity index is 1.73. The van der Waals surface area contributed by atoms with Gasteiger partial charge in [-0.3, -0.25) is 0 Å². The lowest BCUT2D eigenvalue weighted by Gasteiger charge is -2.36. The van der Waals surface area contributed by atoms with Gasteiger partial charge in [0.2, 0.25) is 0 Å². The van der Waals surface area contributed by atoms with Gasteiger partial charge in [0, 0.05) is 37.9 Å². The lowest BCUT2D eigenvalue weighted by atomic mass is 10.2. The van der Waals surface area contributed by atoms with E-state index in [2.05, 4.69) is 24.8 Å². The van der Waals surface area contributed by atoms with E-state index in [9.17, 15) is 0 Å². The van der Waals surface area contributed by atoms with E-state index in [1.165, 1.54) is 6.33 Å². The molecule has 1 fully saturated rings. The summed E-state index contributed by atoms with van der Waals surface area (Å²) >= 11 is 12.1. The number of nitrogens with zero attached hydrogens (tertiary/aromatic N) is 5. The second kappa shape index (κ2) is 6.45. The Bertz CT molecular complexity index is 600. The van der Waals surface area contributed by atoms with Crippen LogP contribution in [0.2, 0.25) is 5.15 Å². The molecule has 0 N–H and O–H groups in total. The van der Waals surface area contributed by atoms with Crippen molar-refractivity contribution in [2.75, 3.05) is 36.0 Å². The van der Waals surface area contributed by atoms with Gasteiger partial charge in [0.1, 0.15) is 23.1 Å². The first kappa shape index (κ1) is 14.4. The number of hydrogen-bond donors (Lipinski definition) is 0. The van der Waals surface area contributed by atoms with Crippen molar-refractivity contribution in [3.05, 3.63) is 41.4 Å². The van der Waals surface area contributed by atoms with Crippen LogP contribution >= 0.6 is 23.2 Å². The lowest BCUT2D eigenvalue weighted by molar-refractivity contribution is 0.639. The van der Waals surface area contributed by atoms with Crippen LogP contribution in [0.25, 0.3) is 0 Å². The van der Waals surface area contributed by atoms with Crippen molar-refractivity contribution in [2.45, 2.75) is 5.88 Å². The molecule has 3 heterocycles. The quantitative estimate of drug-likeness (QED) is 0.641. The third kappa shape index (κ3) is 3.04. The van der Waals surface area contributed by atoms with Crippen LogP contribution in [-0.4, -0.2) is 41.1 Å². The molecule has 0 saturated carbocycles. The van der Waals surface area contributed by atoms with Crippen LogP contribution in [0.4, 0.5) is 11.6 Å². The minimum absolute atomic E-state index is 0.315. The molecule has 110 valence electrons. The minimum Gasteiger partial charge on any atom is -0.353 e. The molecule has 0 bridgehead atoms. The van der Waals surface area contributed by atoms with Gasteiger partial charge in [-0.1, -0.05) is 17.7 Å². The molecule has 3 rings (SSSR count). The number of pyridine rings is 1. The molecule has 5 nitrogen and oxygen atoms in total. The summed E-state index contributed by atoms with van der Waals surface area (Å²) < 4.78 is 0. The average Bonchev–Trinajstić information content (AvgIpc) is 2.55. The Morgan fingerprint density at radius 1 is 1.00 bits per heavy atom. The second-order valence-electron chi connectivity index (χ2n) is 4.76. The molecule has 7 heteroatoms. The van der Waals surface area contributed by atoms with Gasteiger partial charge >= 0.3 is 0 Å². The number of piperazine rings is 1. The molecule has 1 aliphatic heterocycles. The first-order valence-electron chi connectivity index (χ1n) is 6.76. The number of aromatic nitrogens is 3. The fourth-order valence-corrected chi connectivity index (χ4v) is 2.97. The van der Waals surface area contributed by atoms with E-state index in [0.29, 0.717) is 11.0 Å². The van der Waals surface area contributed by atoms with E-state index >= 15 is 0 Å². The summed E-state index contributed by atoms with van der Waals surface area (Å²) in [6, 6.07) is 5.96. The van der Waals surface area contributed by atoms with Gasteiger partial charge in [-0.25, -0.2) is 15.0 Å². The van der Waals surface area contributed by atoms with Crippen LogP contribution in [0, 0.1) is 0 Å². The molecule has 1 saturated heterocycles. The highest BCUT2D eigenvalue weighted by molar-refractivity contribution is 6.31. The number of halogens is 2. The summed E-state index contributed by atoms with van der Waals surface area (Å²) in [6.45, 7) is 3.49. The Morgan fingerprint density at radius 3 is 2.43 bits per heavy atom. The fourth-order valence-electron chi connectivity index (χ4n) is 2.46. The zero-order valence-corrected chi connectivity index (χ0v) is 12.9. The summed E-state index contributed by atoms with van der Waals surface area (Å²) in [4.78, 5) is 17.2. The first-order valence-corrected chi connectivity index (χ1v) is 7.67. The van der Waals surface area contributed by atoms with Crippen molar-refractivity contribution in [1.29, 1.82) is 0 Å². The number of rotatable bonds is 3. The molecule has 2 aromatic heterocycles. The van der Waals surface area contributed by atoms with Crippen molar-refractivity contribution >= 4 is 34.8 Å². The van der Waals surface area contributed by atoms with Gasteiger partial charge in [-0.05, 0) is 12.1 Å². The maximum Gasteiger partial charge on any atom is 0.138 e. The van der Waals surface area contributed by atoms with Crippen LogP contribution < -0.4 is 9.80 Å². The minimum atomic E-state index is 0.315. The number of hydrogen-bond acceptors (Lipinski definition) is 5. The molecule has 0 spiro atoms. The maximum absolute atomic E-state index is 6.09. The molecule has 0 radical (unpaired) electrons. The van der Waals surface area contributed by atoms with Gasteiger partial charge in [-0.2, -0.15) is 0 Å². The number of alkyl halides is 1. The van der Waals surface area contributed by atoms with E-state index in [-0.39, 0.29) is 0 Å². The fraction of sp³-hybridized carbons (Fsp3) is 0.357. The van der Waals surface area contributed by atoms with Crippen molar-refractivity contribution in [3.8, 4) is 0 Å². The summed E-state index contributed by atoms with van der Waals surface area (Å²) in [5.41, 5.74) is 0.798. The highest BCUT2D eigenvalue weighted by Gasteiger charge is 2.22. The molecule has 21 heavy (non-hydrogen) atoms. The van der Waals surface area contributed by atoms with Gasteiger partial charge in [0.25, 0.3) is 0 Å². The van der Waals surface area contributed by atoms with E-state index in [4.69, 9.17) is 23.2 Å². The smallest absolute Gasteiger partial charge is 0.138 e. The maximum atomic E-state index is 6.09. The Kier molecular flexibility index (Phi) is 4.41. The summed E-state index contributed by atoms with van der Waals surface area (Å²) in [6.07, 6.45) is 3.30. The normalized spacial score (nSPS) is 15.3.